The van der Waals surface area contributed by atoms with Gasteiger partial charge in [0.1, 0.15) is 0 Å². The van der Waals surface area contributed by atoms with Gasteiger partial charge in [0.25, 0.3) is 0 Å². The molecule has 0 amide bonds. The topological polar surface area (TPSA) is 58.9 Å². The van der Waals surface area contributed by atoms with Crippen LogP contribution in [0.15, 0.2) is 0 Å². The minimum atomic E-state index is -0.927. The van der Waals surface area contributed by atoms with Crippen molar-refractivity contribution in [1.29, 1.82) is 0 Å². The van der Waals surface area contributed by atoms with E-state index in [0.29, 0.717) is 6.16 Å². The second kappa shape index (κ2) is 6.95. The van der Waals surface area contributed by atoms with Gasteiger partial charge in [-0.3, -0.25) is 0 Å². The Balaban J connectivity index is 3.58. The van der Waals surface area contributed by atoms with Crippen LogP contribution in [0.1, 0.15) is 0 Å². The molecule has 2 N–H and O–H groups in total. The van der Waals surface area contributed by atoms with Crippen LogP contribution < -0.4 is 0 Å². The Morgan fingerprint density at radius 3 is 1.91 bits per heavy atom. The van der Waals surface area contributed by atoms with E-state index in [2.05, 4.69) is 0 Å². The summed E-state index contributed by atoms with van der Waals surface area (Å²) >= 11 is 0. The third-order valence-corrected chi connectivity index (χ3v) is 2.96. The summed E-state index contributed by atoms with van der Waals surface area (Å²) in [5.41, 5.74) is 0. The Morgan fingerprint density at radius 2 is 1.64 bits per heavy atom. The molecule has 0 rings (SSSR count). The number of rotatable bonds is 6. The first-order valence-corrected chi connectivity index (χ1v) is 4.72. The molecule has 5 heteroatoms. The Kier molecular flexibility index (Phi) is 7.12. The molecule has 0 aromatic rings. The first-order valence-electron chi connectivity index (χ1n) is 3.36. The molecule has 0 saturated carbocycles. The molecule has 0 fully saturated rings. The lowest BCUT2D eigenvalue weighted by molar-refractivity contribution is 0.159. The zero-order chi connectivity index (χ0) is 8.69. The van der Waals surface area contributed by atoms with Gasteiger partial charge in [0.2, 0.25) is 0 Å². The molecule has 0 atom stereocenters. The van der Waals surface area contributed by atoms with E-state index >= 15 is 0 Å². The smallest absolute Gasteiger partial charge is 0.170 e. The number of hydrogen-bond donors (Lipinski definition) is 2. The van der Waals surface area contributed by atoms with Gasteiger partial charge in [0.05, 0.1) is 0 Å². The van der Waals surface area contributed by atoms with Crippen LogP contribution in [0, 0.1) is 5.92 Å². The van der Waals surface area contributed by atoms with Crippen LogP contribution in [0.25, 0.3) is 0 Å². The second-order valence-electron chi connectivity index (χ2n) is 2.11. The van der Waals surface area contributed by atoms with E-state index < -0.39 is 8.38 Å². The fourth-order valence-corrected chi connectivity index (χ4v) is 1.71. The maximum Gasteiger partial charge on any atom is 0.170 e. The van der Waals surface area contributed by atoms with Gasteiger partial charge < -0.3 is 19.3 Å². The molecule has 0 unspecified atom stereocenters. The van der Waals surface area contributed by atoms with Gasteiger partial charge in [-0.1, -0.05) is 0 Å². The zero-order valence-corrected chi connectivity index (χ0v) is 7.75. The summed E-state index contributed by atoms with van der Waals surface area (Å²) in [6.07, 6.45) is 0.579. The molecule has 0 spiro atoms. The summed E-state index contributed by atoms with van der Waals surface area (Å²) in [7, 11) is 2.19. The highest BCUT2D eigenvalue weighted by Crippen LogP contribution is 2.37. The molecule has 4 nitrogen and oxygen atoms in total. The molecule has 0 aromatic carbocycles. The summed E-state index contributed by atoms with van der Waals surface area (Å²) in [5, 5.41) is 17.4. The largest absolute Gasteiger partial charge is 0.396 e. The van der Waals surface area contributed by atoms with Crippen LogP contribution in [0.5, 0.6) is 0 Å². The second-order valence-corrected chi connectivity index (χ2v) is 3.87. The highest BCUT2D eigenvalue weighted by molar-refractivity contribution is 7.47. The Bertz CT molecular complexity index is 72.7. The van der Waals surface area contributed by atoms with E-state index in [1.807, 2.05) is 0 Å². The molecule has 0 aromatic heterocycles. The first kappa shape index (κ1) is 11.3. The maximum atomic E-state index is 8.71. The molecule has 0 aliphatic rings. The van der Waals surface area contributed by atoms with E-state index in [4.69, 9.17) is 19.3 Å². The van der Waals surface area contributed by atoms with Crippen molar-refractivity contribution in [2.75, 3.05) is 33.6 Å². The fourth-order valence-electron chi connectivity index (χ4n) is 0.608. The predicted molar refractivity (Wildman–Crippen MR) is 43.5 cm³/mol. The molecule has 0 bridgehead atoms. The fraction of sp³-hybridized carbons (Fsp3) is 1.00. The zero-order valence-electron chi connectivity index (χ0n) is 6.86. The lowest BCUT2D eigenvalue weighted by atomic mass is 10.2. The SMILES string of the molecule is COP(CC(CO)CO)OC. The summed E-state index contributed by atoms with van der Waals surface area (Å²) < 4.78 is 9.91. The third-order valence-electron chi connectivity index (χ3n) is 1.33. The highest BCUT2D eigenvalue weighted by atomic mass is 31.2. The van der Waals surface area contributed by atoms with E-state index in [1.165, 1.54) is 0 Å². The monoisotopic (exact) mass is 182 g/mol. The number of aliphatic hydroxyl groups excluding tert-OH is 2. The lowest BCUT2D eigenvalue weighted by Crippen LogP contribution is -2.15. The van der Waals surface area contributed by atoms with Gasteiger partial charge in [0.15, 0.2) is 8.38 Å². The van der Waals surface area contributed by atoms with Crippen LogP contribution in [0.2, 0.25) is 0 Å². The minimum Gasteiger partial charge on any atom is -0.396 e. The molecule has 0 saturated heterocycles. The van der Waals surface area contributed by atoms with E-state index in [9.17, 15) is 0 Å². The van der Waals surface area contributed by atoms with Crippen molar-refractivity contribution in [3.8, 4) is 0 Å². The van der Waals surface area contributed by atoms with Crippen molar-refractivity contribution in [2.24, 2.45) is 5.92 Å². The maximum absolute atomic E-state index is 8.71. The van der Waals surface area contributed by atoms with Crippen molar-refractivity contribution in [2.45, 2.75) is 0 Å². The van der Waals surface area contributed by atoms with Crippen LogP contribution in [0.4, 0.5) is 0 Å². The van der Waals surface area contributed by atoms with Crippen LogP contribution in [0.3, 0.4) is 0 Å². The van der Waals surface area contributed by atoms with Gasteiger partial charge >= 0.3 is 0 Å². The molecule has 0 aliphatic heterocycles. The Morgan fingerprint density at radius 1 is 1.18 bits per heavy atom. The van der Waals surface area contributed by atoms with Crippen LogP contribution >= 0.6 is 8.38 Å². The van der Waals surface area contributed by atoms with Crippen molar-refractivity contribution in [3.05, 3.63) is 0 Å². The minimum absolute atomic E-state index is 0.0257. The van der Waals surface area contributed by atoms with Gasteiger partial charge in [-0.25, -0.2) is 0 Å². The summed E-state index contributed by atoms with van der Waals surface area (Å²) in [6.45, 7) is -0.0515. The van der Waals surface area contributed by atoms with Gasteiger partial charge in [-0.15, -0.1) is 0 Å². The van der Waals surface area contributed by atoms with E-state index in [0.717, 1.165) is 0 Å². The van der Waals surface area contributed by atoms with Crippen molar-refractivity contribution >= 4 is 8.38 Å². The Labute approximate surface area is 68.1 Å². The van der Waals surface area contributed by atoms with Crippen molar-refractivity contribution < 1.29 is 19.3 Å². The predicted octanol–water partition coefficient (Wildman–Crippen LogP) is 0.192. The van der Waals surface area contributed by atoms with Gasteiger partial charge in [0, 0.05) is 39.5 Å². The summed E-state index contributed by atoms with van der Waals surface area (Å²) in [6, 6.07) is 0. The van der Waals surface area contributed by atoms with E-state index in [1.54, 1.807) is 14.2 Å². The summed E-state index contributed by atoms with van der Waals surface area (Å²) in [4.78, 5) is 0. The Hall–Kier alpha value is 0.270. The van der Waals surface area contributed by atoms with Gasteiger partial charge in [-0.05, 0) is 0 Å². The molecule has 0 radical (unpaired) electrons. The molecular weight excluding hydrogens is 167 g/mol. The van der Waals surface area contributed by atoms with Crippen LogP contribution in [-0.4, -0.2) is 43.8 Å². The van der Waals surface area contributed by atoms with Crippen molar-refractivity contribution in [1.82, 2.24) is 0 Å². The first-order chi connectivity index (χ1) is 5.28. The summed E-state index contributed by atoms with van der Waals surface area (Å²) in [5.74, 6) is -0.124. The normalized spacial score (nSPS) is 11.5. The van der Waals surface area contributed by atoms with E-state index in [-0.39, 0.29) is 19.1 Å². The highest BCUT2D eigenvalue weighted by Gasteiger charge is 2.14. The standard InChI is InChI=1S/C6H15O4P/c1-9-11(10-2)5-6(3-7)4-8/h6-8H,3-5H2,1-2H3. The van der Waals surface area contributed by atoms with Crippen molar-refractivity contribution in [3.63, 3.8) is 0 Å². The number of aliphatic hydroxyl groups is 2. The average Bonchev–Trinajstić information content (AvgIpc) is 2.07. The molecule has 0 heterocycles. The average molecular weight is 182 g/mol. The lowest BCUT2D eigenvalue weighted by Gasteiger charge is -2.16. The molecule has 11 heavy (non-hydrogen) atoms. The quantitative estimate of drug-likeness (QED) is 0.576. The van der Waals surface area contributed by atoms with Crippen LogP contribution in [-0.2, 0) is 9.05 Å². The number of hydrogen-bond acceptors (Lipinski definition) is 4. The molecular formula is C6H15O4P. The molecule has 0 aliphatic carbocycles. The van der Waals surface area contributed by atoms with Gasteiger partial charge in [-0.2, -0.15) is 0 Å². The molecule has 68 valence electrons. The third kappa shape index (κ3) is 4.67.